The van der Waals surface area contributed by atoms with Crippen LogP contribution >= 0.6 is 0 Å². The van der Waals surface area contributed by atoms with Crippen LogP contribution in [0.3, 0.4) is 0 Å². The van der Waals surface area contributed by atoms with E-state index in [2.05, 4.69) is 262 Å². The summed E-state index contributed by atoms with van der Waals surface area (Å²) in [7, 11) is -2.94. The van der Waals surface area contributed by atoms with E-state index in [1.807, 2.05) is 0 Å². The van der Waals surface area contributed by atoms with Crippen LogP contribution in [0.2, 0.25) is 0 Å². The van der Waals surface area contributed by atoms with Gasteiger partial charge >= 0.3 is 0 Å². The summed E-state index contributed by atoms with van der Waals surface area (Å²) >= 11 is 0. The van der Waals surface area contributed by atoms with E-state index in [0.29, 0.717) is 0 Å². The summed E-state index contributed by atoms with van der Waals surface area (Å²) in [5.41, 5.74) is 10.6. The number of fused-ring (bicyclic) bond motifs is 9. The third kappa shape index (κ3) is 5.21. The molecule has 0 amide bonds. The minimum absolute atomic E-state index is 1.13. The van der Waals surface area contributed by atoms with Crippen LogP contribution < -0.4 is 20.7 Å². The van der Waals surface area contributed by atoms with Crippen LogP contribution in [0.25, 0.3) is 82.5 Å². The quantitative estimate of drug-likeness (QED) is 0.112. The molecule has 4 heteroatoms. The fourth-order valence-corrected chi connectivity index (χ4v) is 16.0. The van der Waals surface area contributed by atoms with Gasteiger partial charge in [0.05, 0.1) is 38.8 Å². The average Bonchev–Trinajstić information content (AvgIpc) is 4.02. The monoisotopic (exact) mass is 831 g/mol. The Morgan fingerprint density at radius 2 is 0.656 bits per heavy atom. The molecule has 3 aromatic heterocycles. The molecule has 0 aliphatic rings. The molecule has 0 atom stereocenters. The van der Waals surface area contributed by atoms with E-state index in [4.69, 9.17) is 0 Å². The van der Waals surface area contributed by atoms with Gasteiger partial charge in [-0.1, -0.05) is 194 Å². The number of hydrogen-bond acceptors (Lipinski definition) is 0. The van der Waals surface area contributed by atoms with E-state index in [9.17, 15) is 0 Å². The molecule has 13 aromatic rings. The Kier molecular flexibility index (Phi) is 8.23. The zero-order valence-corrected chi connectivity index (χ0v) is 36.0. The summed E-state index contributed by atoms with van der Waals surface area (Å²) in [4.78, 5) is 0. The third-order valence-electron chi connectivity index (χ3n) is 13.6. The van der Waals surface area contributed by atoms with E-state index in [1.54, 1.807) is 0 Å². The lowest BCUT2D eigenvalue weighted by molar-refractivity contribution is 1.13. The summed E-state index contributed by atoms with van der Waals surface area (Å²) in [5.74, 6) is 0. The van der Waals surface area contributed by atoms with Crippen molar-refractivity contribution < 1.29 is 0 Å². The number of para-hydroxylation sites is 6. The van der Waals surface area contributed by atoms with E-state index in [-0.39, 0.29) is 0 Å². The predicted octanol–water partition coefficient (Wildman–Crippen LogP) is 12.4. The van der Waals surface area contributed by atoms with Crippen molar-refractivity contribution in [3.05, 3.63) is 249 Å². The molecule has 300 valence electrons. The maximum absolute atomic E-state index is 2.94. The lowest BCUT2D eigenvalue weighted by atomic mass is 10.1. The molecule has 3 nitrogen and oxygen atoms in total. The minimum Gasteiger partial charge on any atom is -0.309 e. The van der Waals surface area contributed by atoms with Gasteiger partial charge < -0.3 is 13.7 Å². The van der Waals surface area contributed by atoms with Crippen LogP contribution in [-0.4, -0.2) is 21.8 Å². The van der Waals surface area contributed by atoms with Gasteiger partial charge in [-0.2, -0.15) is 0 Å². The zero-order chi connectivity index (χ0) is 42.2. The van der Waals surface area contributed by atoms with Crippen molar-refractivity contribution in [3.8, 4) is 17.1 Å². The smallest absolute Gasteiger partial charge is 0.181 e. The first-order valence-corrected chi connectivity index (χ1v) is 24.1. The molecule has 0 fully saturated rings. The van der Waals surface area contributed by atoms with Crippen LogP contribution in [0.4, 0.5) is 0 Å². The Morgan fingerprint density at radius 1 is 0.250 bits per heavy atom. The van der Waals surface area contributed by atoms with Crippen molar-refractivity contribution in [2.75, 3.05) is 0 Å². The highest BCUT2D eigenvalue weighted by Gasteiger charge is 2.43. The number of hydrogen-bond donors (Lipinski definition) is 0. The predicted molar refractivity (Wildman–Crippen MR) is 273 cm³/mol. The summed E-state index contributed by atoms with van der Waals surface area (Å²) in [6, 6.07) is 92.3. The SMILES string of the molecule is c1ccc(-n2c3ccc(-n4c5ccccc5c5cccc([Si](c6ccccc6)(c6ccccc6)c6ccccc6)c54)cc3c3cccc(-n4c5ccccc5c5ccccc54)c32)cc1. The van der Waals surface area contributed by atoms with Crippen molar-refractivity contribution >= 4 is 94.2 Å². The van der Waals surface area contributed by atoms with Crippen LogP contribution in [-0.2, 0) is 0 Å². The van der Waals surface area contributed by atoms with Crippen LogP contribution in [0, 0.1) is 0 Å². The molecule has 0 spiro atoms. The van der Waals surface area contributed by atoms with Gasteiger partial charge in [0.15, 0.2) is 8.07 Å². The number of rotatable bonds is 7. The average molecular weight is 832 g/mol. The van der Waals surface area contributed by atoms with Crippen molar-refractivity contribution in [1.29, 1.82) is 0 Å². The maximum atomic E-state index is 2.57. The van der Waals surface area contributed by atoms with E-state index in [1.165, 1.54) is 86.2 Å². The van der Waals surface area contributed by atoms with Gasteiger partial charge in [0.25, 0.3) is 0 Å². The minimum atomic E-state index is -2.94. The van der Waals surface area contributed by atoms with Gasteiger partial charge in [0.1, 0.15) is 0 Å². The summed E-state index contributed by atoms with van der Waals surface area (Å²) in [6.45, 7) is 0. The van der Waals surface area contributed by atoms with Gasteiger partial charge in [-0.3, -0.25) is 0 Å². The van der Waals surface area contributed by atoms with Crippen molar-refractivity contribution in [1.82, 2.24) is 13.7 Å². The lowest BCUT2D eigenvalue weighted by Gasteiger charge is -2.35. The highest BCUT2D eigenvalue weighted by Crippen LogP contribution is 2.41. The van der Waals surface area contributed by atoms with E-state index >= 15 is 0 Å². The van der Waals surface area contributed by atoms with E-state index in [0.717, 1.165) is 17.1 Å². The Hall–Kier alpha value is -8.18. The fraction of sp³-hybridized carbons (Fsp3) is 0. The molecular formula is C60H41N3Si. The molecule has 0 aliphatic heterocycles. The molecule has 0 saturated heterocycles. The maximum Gasteiger partial charge on any atom is 0.181 e. The van der Waals surface area contributed by atoms with Gasteiger partial charge in [0, 0.05) is 43.7 Å². The molecule has 0 saturated carbocycles. The van der Waals surface area contributed by atoms with Crippen LogP contribution in [0.15, 0.2) is 249 Å². The second-order valence-electron chi connectivity index (χ2n) is 16.8. The first-order valence-electron chi connectivity index (χ1n) is 22.1. The Bertz CT molecular complexity index is 3730. The standard InChI is InChI=1S/C60H41N3Si/c1-5-21-42(22-6-1)61-56-40-39-43(41-52(56)51-32-19-37-57(59(51)61)63-54-35-17-13-29-47(54)48-30-14-18-36-55(48)63)62-53-34-16-15-31-49(53)50-33-20-38-58(60(50)62)64(44-23-7-2-8-24-44,45-25-9-3-10-26-45)46-27-11-4-12-28-46/h1-41H. The molecule has 0 bridgehead atoms. The molecule has 64 heavy (non-hydrogen) atoms. The number of nitrogens with zero attached hydrogens (tertiary/aromatic N) is 3. The topological polar surface area (TPSA) is 14.8 Å². The second-order valence-corrected chi connectivity index (χ2v) is 20.6. The number of benzene rings is 10. The number of aromatic nitrogens is 3. The molecule has 3 heterocycles. The first kappa shape index (κ1) is 36.5. The normalized spacial score (nSPS) is 12.1. The van der Waals surface area contributed by atoms with Gasteiger partial charge in [-0.05, 0) is 75.3 Å². The summed E-state index contributed by atoms with van der Waals surface area (Å²) in [6.07, 6.45) is 0. The van der Waals surface area contributed by atoms with Gasteiger partial charge in [-0.25, -0.2) is 0 Å². The second kappa shape index (κ2) is 14.5. The van der Waals surface area contributed by atoms with Gasteiger partial charge in [-0.15, -0.1) is 0 Å². The first-order chi connectivity index (χ1) is 31.8. The van der Waals surface area contributed by atoms with Gasteiger partial charge in [0.2, 0.25) is 0 Å². The van der Waals surface area contributed by atoms with Crippen LogP contribution in [0.5, 0.6) is 0 Å². The molecular weight excluding hydrogens is 791 g/mol. The third-order valence-corrected chi connectivity index (χ3v) is 18.4. The molecule has 0 N–H and O–H groups in total. The largest absolute Gasteiger partial charge is 0.309 e. The molecule has 10 aromatic carbocycles. The van der Waals surface area contributed by atoms with Crippen molar-refractivity contribution in [2.45, 2.75) is 0 Å². The Balaban J connectivity index is 1.16. The fourth-order valence-electron chi connectivity index (χ4n) is 11.0. The molecule has 0 unspecified atom stereocenters. The molecule has 0 radical (unpaired) electrons. The Morgan fingerprint density at radius 3 is 1.22 bits per heavy atom. The summed E-state index contributed by atoms with van der Waals surface area (Å²) in [5, 5.41) is 12.9. The molecule has 0 aliphatic carbocycles. The lowest BCUT2D eigenvalue weighted by Crippen LogP contribution is -2.75. The zero-order valence-electron chi connectivity index (χ0n) is 35.0. The van der Waals surface area contributed by atoms with Crippen LogP contribution in [0.1, 0.15) is 0 Å². The van der Waals surface area contributed by atoms with E-state index < -0.39 is 8.07 Å². The van der Waals surface area contributed by atoms with Crippen molar-refractivity contribution in [3.63, 3.8) is 0 Å². The highest BCUT2D eigenvalue weighted by molar-refractivity contribution is 7.20. The summed E-state index contributed by atoms with van der Waals surface area (Å²) < 4.78 is 7.51. The highest BCUT2D eigenvalue weighted by atomic mass is 28.3. The van der Waals surface area contributed by atoms with Crippen molar-refractivity contribution in [2.24, 2.45) is 0 Å². The molecule has 13 rings (SSSR count). The Labute approximate surface area is 372 Å².